The maximum atomic E-state index is 5.94. The Balaban J connectivity index is 2.71. The fraction of sp³-hybridized carbons (Fsp3) is 0.688. The van der Waals surface area contributed by atoms with Crippen molar-refractivity contribution >= 4 is 0 Å². The summed E-state index contributed by atoms with van der Waals surface area (Å²) in [4.78, 5) is 6.91. The summed E-state index contributed by atoms with van der Waals surface area (Å²) in [5.74, 6) is 0.788. The molecule has 1 N–H and O–H groups in total. The van der Waals surface area contributed by atoms with Crippen molar-refractivity contribution in [2.24, 2.45) is 0 Å². The van der Waals surface area contributed by atoms with Crippen molar-refractivity contribution in [2.45, 2.75) is 41.2 Å². The third-order valence-electron chi connectivity index (χ3n) is 3.53. The van der Waals surface area contributed by atoms with Gasteiger partial charge in [0.25, 0.3) is 0 Å². The number of ether oxygens (including phenoxy) is 1. The SMILES string of the molecule is CCNCc1c(C)cc(C)nc1OCCN(CC)CC. The summed E-state index contributed by atoms with van der Waals surface area (Å²) in [7, 11) is 0. The first kappa shape index (κ1) is 16.9. The van der Waals surface area contributed by atoms with Gasteiger partial charge in [0.1, 0.15) is 6.61 Å². The molecule has 0 saturated carbocycles. The molecule has 0 aliphatic heterocycles. The standard InChI is InChI=1S/C16H29N3O/c1-6-17-12-15-13(4)11-14(5)18-16(15)20-10-9-19(7-2)8-3/h11,17H,6-10,12H2,1-5H3. The van der Waals surface area contributed by atoms with E-state index >= 15 is 0 Å². The lowest BCUT2D eigenvalue weighted by molar-refractivity contribution is 0.216. The Morgan fingerprint density at radius 1 is 1.20 bits per heavy atom. The van der Waals surface area contributed by atoms with Crippen LogP contribution >= 0.6 is 0 Å². The van der Waals surface area contributed by atoms with E-state index in [-0.39, 0.29) is 0 Å². The Hall–Kier alpha value is -1.13. The summed E-state index contributed by atoms with van der Waals surface area (Å²) < 4.78 is 5.94. The van der Waals surface area contributed by atoms with E-state index in [1.165, 1.54) is 11.1 Å². The third kappa shape index (κ3) is 5.10. The van der Waals surface area contributed by atoms with Crippen LogP contribution in [0.15, 0.2) is 6.07 Å². The summed E-state index contributed by atoms with van der Waals surface area (Å²) in [6.45, 7) is 16.1. The molecule has 4 nitrogen and oxygen atoms in total. The number of pyridine rings is 1. The number of likely N-dealkylation sites (N-methyl/N-ethyl adjacent to an activating group) is 1. The molecule has 0 atom stereocenters. The second-order valence-corrected chi connectivity index (χ2v) is 5.02. The number of aromatic nitrogens is 1. The van der Waals surface area contributed by atoms with Gasteiger partial charge in [0, 0.05) is 24.3 Å². The van der Waals surface area contributed by atoms with Crippen LogP contribution in [-0.2, 0) is 6.54 Å². The van der Waals surface area contributed by atoms with Crippen LogP contribution in [0.5, 0.6) is 5.88 Å². The van der Waals surface area contributed by atoms with E-state index in [1.807, 2.05) is 6.92 Å². The highest BCUT2D eigenvalue weighted by Crippen LogP contribution is 2.20. The Morgan fingerprint density at radius 2 is 1.90 bits per heavy atom. The maximum absolute atomic E-state index is 5.94. The van der Waals surface area contributed by atoms with Crippen LogP contribution in [0.4, 0.5) is 0 Å². The number of aryl methyl sites for hydroxylation is 2. The monoisotopic (exact) mass is 279 g/mol. The minimum atomic E-state index is 0.691. The molecule has 0 saturated heterocycles. The van der Waals surface area contributed by atoms with Crippen LogP contribution in [-0.4, -0.2) is 42.7 Å². The zero-order valence-electron chi connectivity index (χ0n) is 13.6. The topological polar surface area (TPSA) is 37.4 Å². The van der Waals surface area contributed by atoms with Gasteiger partial charge in [-0.05, 0) is 45.1 Å². The molecule has 0 aliphatic rings. The molecular formula is C16H29N3O. The molecule has 0 bridgehead atoms. The van der Waals surface area contributed by atoms with Crippen molar-refractivity contribution in [3.63, 3.8) is 0 Å². The molecule has 0 aliphatic carbocycles. The molecule has 0 radical (unpaired) electrons. The second kappa shape index (κ2) is 8.93. The second-order valence-electron chi connectivity index (χ2n) is 5.02. The van der Waals surface area contributed by atoms with E-state index in [4.69, 9.17) is 4.74 Å². The van der Waals surface area contributed by atoms with Gasteiger partial charge in [0.05, 0.1) is 0 Å². The van der Waals surface area contributed by atoms with Gasteiger partial charge in [0.15, 0.2) is 0 Å². The lowest BCUT2D eigenvalue weighted by Crippen LogP contribution is -2.28. The van der Waals surface area contributed by atoms with Crippen molar-refractivity contribution in [1.82, 2.24) is 15.2 Å². The smallest absolute Gasteiger partial charge is 0.218 e. The fourth-order valence-corrected chi connectivity index (χ4v) is 2.22. The molecule has 0 unspecified atom stereocenters. The van der Waals surface area contributed by atoms with Crippen LogP contribution in [0.25, 0.3) is 0 Å². The number of nitrogens with zero attached hydrogens (tertiary/aromatic N) is 2. The average Bonchev–Trinajstić information content (AvgIpc) is 2.42. The molecule has 1 rings (SSSR count). The predicted molar refractivity (Wildman–Crippen MR) is 84.4 cm³/mol. The van der Waals surface area contributed by atoms with E-state index in [0.29, 0.717) is 6.61 Å². The Labute approximate surface area is 123 Å². The van der Waals surface area contributed by atoms with Gasteiger partial charge < -0.3 is 15.0 Å². The summed E-state index contributed by atoms with van der Waals surface area (Å²) in [6.07, 6.45) is 0. The molecular weight excluding hydrogens is 250 g/mol. The van der Waals surface area contributed by atoms with E-state index in [1.54, 1.807) is 0 Å². The molecule has 20 heavy (non-hydrogen) atoms. The van der Waals surface area contributed by atoms with Gasteiger partial charge in [-0.3, -0.25) is 0 Å². The Bertz CT molecular complexity index is 403. The van der Waals surface area contributed by atoms with Crippen LogP contribution in [0.3, 0.4) is 0 Å². The van der Waals surface area contributed by atoms with Crippen LogP contribution in [0.2, 0.25) is 0 Å². The fourth-order valence-electron chi connectivity index (χ4n) is 2.22. The first-order valence-electron chi connectivity index (χ1n) is 7.65. The highest BCUT2D eigenvalue weighted by atomic mass is 16.5. The molecule has 114 valence electrons. The van der Waals surface area contributed by atoms with E-state index in [0.717, 1.165) is 44.3 Å². The van der Waals surface area contributed by atoms with Crippen molar-refractivity contribution < 1.29 is 4.74 Å². The van der Waals surface area contributed by atoms with Gasteiger partial charge >= 0.3 is 0 Å². The summed E-state index contributed by atoms with van der Waals surface area (Å²) >= 11 is 0. The molecule has 1 aromatic heterocycles. The Morgan fingerprint density at radius 3 is 2.50 bits per heavy atom. The average molecular weight is 279 g/mol. The normalized spacial score (nSPS) is 11.1. The highest BCUT2D eigenvalue weighted by Gasteiger charge is 2.10. The third-order valence-corrected chi connectivity index (χ3v) is 3.53. The van der Waals surface area contributed by atoms with Gasteiger partial charge in [-0.15, -0.1) is 0 Å². The van der Waals surface area contributed by atoms with Crippen molar-refractivity contribution in [3.05, 3.63) is 22.9 Å². The van der Waals surface area contributed by atoms with Crippen LogP contribution in [0.1, 0.15) is 37.6 Å². The molecule has 1 heterocycles. The van der Waals surface area contributed by atoms with E-state index < -0.39 is 0 Å². The summed E-state index contributed by atoms with van der Waals surface area (Å²) in [5, 5.41) is 3.36. The van der Waals surface area contributed by atoms with Gasteiger partial charge in [0.2, 0.25) is 5.88 Å². The lowest BCUT2D eigenvalue weighted by atomic mass is 10.1. The molecule has 1 aromatic rings. The number of nitrogens with one attached hydrogen (secondary N) is 1. The van der Waals surface area contributed by atoms with E-state index in [9.17, 15) is 0 Å². The number of hydrogen-bond acceptors (Lipinski definition) is 4. The lowest BCUT2D eigenvalue weighted by Gasteiger charge is -2.19. The van der Waals surface area contributed by atoms with Crippen molar-refractivity contribution in [3.8, 4) is 5.88 Å². The summed E-state index contributed by atoms with van der Waals surface area (Å²) in [6, 6.07) is 2.12. The van der Waals surface area contributed by atoms with Gasteiger partial charge in [-0.2, -0.15) is 0 Å². The molecule has 0 aromatic carbocycles. The van der Waals surface area contributed by atoms with Crippen molar-refractivity contribution in [2.75, 3.05) is 32.8 Å². The maximum Gasteiger partial charge on any atom is 0.218 e. The zero-order chi connectivity index (χ0) is 15.0. The minimum Gasteiger partial charge on any atom is -0.476 e. The van der Waals surface area contributed by atoms with E-state index in [2.05, 4.69) is 49.0 Å². The molecule has 0 fully saturated rings. The van der Waals surface area contributed by atoms with Crippen LogP contribution < -0.4 is 10.1 Å². The van der Waals surface area contributed by atoms with Gasteiger partial charge in [-0.1, -0.05) is 20.8 Å². The van der Waals surface area contributed by atoms with Crippen LogP contribution in [0, 0.1) is 13.8 Å². The largest absolute Gasteiger partial charge is 0.476 e. The van der Waals surface area contributed by atoms with Crippen molar-refractivity contribution in [1.29, 1.82) is 0 Å². The molecule has 0 spiro atoms. The highest BCUT2D eigenvalue weighted by molar-refractivity contribution is 5.35. The Kier molecular flexibility index (Phi) is 7.55. The number of hydrogen-bond donors (Lipinski definition) is 1. The quantitative estimate of drug-likeness (QED) is 0.754. The first-order chi connectivity index (χ1) is 9.62. The predicted octanol–water partition coefficient (Wildman–Crippen LogP) is 2.53. The molecule has 4 heteroatoms. The number of rotatable bonds is 9. The van der Waals surface area contributed by atoms with Gasteiger partial charge in [-0.25, -0.2) is 4.98 Å². The minimum absolute atomic E-state index is 0.691. The summed E-state index contributed by atoms with van der Waals surface area (Å²) in [5.41, 5.74) is 3.44. The first-order valence-corrected chi connectivity index (χ1v) is 7.65. The zero-order valence-corrected chi connectivity index (χ0v) is 13.6. The molecule has 0 amide bonds.